The molecule has 232 valence electrons. The third kappa shape index (κ3) is 11.8. The number of carbonyl (C=O) groups excluding carboxylic acids is 2. The van der Waals surface area contributed by atoms with Crippen molar-refractivity contribution in [2.24, 2.45) is 5.14 Å². The van der Waals surface area contributed by atoms with Gasteiger partial charge in [-0.05, 0) is 66.9 Å². The minimum absolute atomic E-state index is 0.0765. The summed E-state index contributed by atoms with van der Waals surface area (Å²) in [6.45, 7) is 1.03. The lowest BCUT2D eigenvalue weighted by atomic mass is 10.0. The van der Waals surface area contributed by atoms with Crippen LogP contribution >= 0.6 is 0 Å². The Bertz CT molecular complexity index is 1400. The highest BCUT2D eigenvalue weighted by atomic mass is 32.2. The number of likely N-dealkylation sites (N-methyl/N-ethyl adjacent to an activating group) is 1. The summed E-state index contributed by atoms with van der Waals surface area (Å²) in [6, 6.07) is 21.8. The molecule has 0 fully saturated rings. The molecular weight excluding hydrogens is 568 g/mol. The third-order valence-corrected chi connectivity index (χ3v) is 7.91. The minimum atomic E-state index is -3.83. The number of rotatable bonds is 17. The maximum atomic E-state index is 12.8. The van der Waals surface area contributed by atoms with Gasteiger partial charge in [0.05, 0.1) is 44.8 Å². The normalized spacial score (nSPS) is 12.4. The van der Waals surface area contributed by atoms with Crippen LogP contribution in [-0.4, -0.2) is 65.2 Å². The van der Waals surface area contributed by atoms with E-state index in [1.54, 1.807) is 24.3 Å². The smallest absolute Gasteiger partial charge is 0.365 e. The lowest BCUT2D eigenvalue weighted by Gasteiger charge is -2.32. The van der Waals surface area contributed by atoms with Gasteiger partial charge in [0, 0.05) is 6.42 Å². The maximum absolute atomic E-state index is 12.8. The van der Waals surface area contributed by atoms with Gasteiger partial charge >= 0.3 is 11.9 Å². The van der Waals surface area contributed by atoms with Gasteiger partial charge in [-0.2, -0.15) is 0 Å². The van der Waals surface area contributed by atoms with Crippen LogP contribution in [0.3, 0.4) is 0 Å². The highest BCUT2D eigenvalue weighted by molar-refractivity contribution is 7.89. The van der Waals surface area contributed by atoms with E-state index >= 15 is 0 Å². The van der Waals surface area contributed by atoms with Gasteiger partial charge in [0.15, 0.2) is 6.04 Å². The van der Waals surface area contributed by atoms with E-state index in [-0.39, 0.29) is 22.5 Å². The Balaban J connectivity index is 1.25. The van der Waals surface area contributed by atoms with E-state index < -0.39 is 16.0 Å². The van der Waals surface area contributed by atoms with Crippen LogP contribution in [0.5, 0.6) is 11.5 Å². The van der Waals surface area contributed by atoms with E-state index in [0.717, 1.165) is 44.1 Å². The number of hydrogen-bond acceptors (Lipinski definition) is 7. The lowest BCUT2D eigenvalue weighted by molar-refractivity contribution is -0.887. The molecule has 0 bridgehead atoms. The summed E-state index contributed by atoms with van der Waals surface area (Å²) in [4.78, 5) is 25.0. The Morgan fingerprint density at radius 3 is 1.88 bits per heavy atom. The Kier molecular flexibility index (Phi) is 12.7. The zero-order valence-electron chi connectivity index (χ0n) is 25.2. The van der Waals surface area contributed by atoms with E-state index in [1.807, 2.05) is 51.5 Å². The SMILES string of the molecule is C[N+](C)(C)C(Cc1ccccc1)C(=O)OCCCCCCCCOc1ccc(OC(=O)c2ccc(S(N)(=O)=O)cc2)cc1. The molecule has 0 aliphatic heterocycles. The first kappa shape index (κ1) is 33.8. The number of carbonyl (C=O) groups is 2. The fourth-order valence-electron chi connectivity index (χ4n) is 4.43. The van der Waals surface area contributed by atoms with Gasteiger partial charge in [-0.15, -0.1) is 0 Å². The quantitative estimate of drug-likeness (QED) is 0.0972. The summed E-state index contributed by atoms with van der Waals surface area (Å²) in [5, 5.41) is 5.07. The van der Waals surface area contributed by atoms with Gasteiger partial charge in [-0.25, -0.2) is 23.1 Å². The van der Waals surface area contributed by atoms with Crippen LogP contribution in [-0.2, 0) is 26.0 Å². The van der Waals surface area contributed by atoms with Crippen LogP contribution in [0.4, 0.5) is 0 Å². The molecule has 0 heterocycles. The Labute approximate surface area is 255 Å². The molecule has 3 aromatic rings. The highest BCUT2D eigenvalue weighted by Gasteiger charge is 2.33. The summed E-state index contributed by atoms with van der Waals surface area (Å²) in [7, 11) is 2.25. The molecule has 0 amide bonds. The zero-order chi connectivity index (χ0) is 31.3. The summed E-state index contributed by atoms with van der Waals surface area (Å²) < 4.78 is 40.0. The third-order valence-electron chi connectivity index (χ3n) is 6.98. The number of primary sulfonamides is 1. The zero-order valence-corrected chi connectivity index (χ0v) is 26.1. The fourth-order valence-corrected chi connectivity index (χ4v) is 4.95. The van der Waals surface area contributed by atoms with Crippen molar-refractivity contribution in [1.82, 2.24) is 0 Å². The number of sulfonamides is 1. The van der Waals surface area contributed by atoms with E-state index in [9.17, 15) is 18.0 Å². The number of unbranched alkanes of at least 4 members (excludes halogenated alkanes) is 5. The molecule has 3 rings (SSSR count). The van der Waals surface area contributed by atoms with Crippen molar-refractivity contribution < 1.29 is 36.7 Å². The molecule has 0 aliphatic carbocycles. The van der Waals surface area contributed by atoms with Crippen LogP contribution < -0.4 is 14.6 Å². The number of nitrogens with two attached hydrogens (primary N) is 1. The van der Waals surface area contributed by atoms with Gasteiger partial charge in [0.25, 0.3) is 0 Å². The molecular formula is C33H43N2O7S+. The van der Waals surface area contributed by atoms with Gasteiger partial charge < -0.3 is 18.7 Å². The Morgan fingerprint density at radius 2 is 1.30 bits per heavy atom. The molecule has 43 heavy (non-hydrogen) atoms. The maximum Gasteiger partial charge on any atom is 0.365 e. The van der Waals surface area contributed by atoms with Crippen LogP contribution in [0, 0.1) is 0 Å². The van der Waals surface area contributed by atoms with Gasteiger partial charge in [-0.3, -0.25) is 0 Å². The van der Waals surface area contributed by atoms with Crippen molar-refractivity contribution in [3.05, 3.63) is 90.0 Å². The second-order valence-corrected chi connectivity index (χ2v) is 13.0. The van der Waals surface area contributed by atoms with E-state index in [2.05, 4.69) is 0 Å². The molecule has 1 atom stereocenters. The molecule has 3 aromatic carbocycles. The molecule has 9 nitrogen and oxygen atoms in total. The number of benzene rings is 3. The number of hydrogen-bond donors (Lipinski definition) is 1. The summed E-state index contributed by atoms with van der Waals surface area (Å²) >= 11 is 0. The summed E-state index contributed by atoms with van der Waals surface area (Å²) in [6.07, 6.45) is 6.65. The van der Waals surface area contributed by atoms with E-state index in [1.165, 1.54) is 24.3 Å². The molecule has 0 spiro atoms. The minimum Gasteiger partial charge on any atom is -0.494 e. The van der Waals surface area contributed by atoms with Crippen molar-refractivity contribution in [2.75, 3.05) is 34.4 Å². The molecule has 0 saturated carbocycles. The number of nitrogens with zero attached hydrogens (tertiary/aromatic N) is 1. The molecule has 1 unspecified atom stereocenters. The van der Waals surface area contributed by atoms with Crippen molar-refractivity contribution in [3.63, 3.8) is 0 Å². The number of quaternary nitrogens is 1. The first-order chi connectivity index (χ1) is 20.4. The topological polar surface area (TPSA) is 122 Å². The first-order valence-electron chi connectivity index (χ1n) is 14.5. The van der Waals surface area contributed by atoms with Crippen LogP contribution in [0.25, 0.3) is 0 Å². The Hall–Kier alpha value is -3.73. The largest absolute Gasteiger partial charge is 0.494 e. The predicted molar refractivity (Wildman–Crippen MR) is 165 cm³/mol. The molecule has 0 radical (unpaired) electrons. The van der Waals surface area contributed by atoms with Crippen molar-refractivity contribution in [2.45, 2.75) is 55.9 Å². The standard InChI is InChI=1S/C33H43N2O7S/c1-35(2,3)31(25-26-13-9-8-10-14-26)33(37)41-24-12-7-5-4-6-11-23-40-28-17-19-29(20-18-28)42-32(36)27-15-21-30(22-16-27)43(34,38)39/h8-10,13-22,31H,4-7,11-12,23-25H2,1-3H3,(H2,34,38,39)/q+1. The summed E-state index contributed by atoms with van der Waals surface area (Å²) in [5.41, 5.74) is 1.34. The molecule has 10 heteroatoms. The van der Waals surface area contributed by atoms with E-state index in [4.69, 9.17) is 19.3 Å². The molecule has 2 N–H and O–H groups in total. The molecule has 0 saturated heterocycles. The second kappa shape index (κ2) is 16.2. The predicted octanol–water partition coefficient (Wildman–Crippen LogP) is 5.13. The van der Waals surface area contributed by atoms with Gasteiger partial charge in [0.1, 0.15) is 11.5 Å². The van der Waals surface area contributed by atoms with Crippen molar-refractivity contribution in [1.29, 1.82) is 0 Å². The number of esters is 2. The molecule has 0 aliphatic rings. The average molecular weight is 612 g/mol. The average Bonchev–Trinajstić information content (AvgIpc) is 2.97. The fraction of sp³-hybridized carbons (Fsp3) is 0.394. The molecule has 0 aromatic heterocycles. The second-order valence-electron chi connectivity index (χ2n) is 11.4. The monoisotopic (exact) mass is 611 g/mol. The highest BCUT2D eigenvalue weighted by Crippen LogP contribution is 2.20. The van der Waals surface area contributed by atoms with Crippen molar-refractivity contribution in [3.8, 4) is 11.5 Å². The van der Waals surface area contributed by atoms with Crippen LogP contribution in [0.2, 0.25) is 0 Å². The van der Waals surface area contributed by atoms with E-state index in [0.29, 0.717) is 35.6 Å². The number of ether oxygens (including phenoxy) is 3. The van der Waals surface area contributed by atoms with Crippen LogP contribution in [0.1, 0.15) is 54.4 Å². The summed E-state index contributed by atoms with van der Waals surface area (Å²) in [5.74, 6) is 0.280. The van der Waals surface area contributed by atoms with Crippen molar-refractivity contribution >= 4 is 22.0 Å². The first-order valence-corrected chi connectivity index (χ1v) is 16.1. The lowest BCUT2D eigenvalue weighted by Crippen LogP contribution is -2.51. The van der Waals surface area contributed by atoms with Gasteiger partial charge in [0.2, 0.25) is 10.0 Å². The Morgan fingerprint density at radius 1 is 0.744 bits per heavy atom. The van der Waals surface area contributed by atoms with Gasteiger partial charge in [-0.1, -0.05) is 56.0 Å². The van der Waals surface area contributed by atoms with Crippen LogP contribution in [0.15, 0.2) is 83.8 Å².